The first-order valence-corrected chi connectivity index (χ1v) is 6.02. The molecule has 1 aromatic rings. The molecule has 1 fully saturated rings. The Morgan fingerprint density at radius 2 is 2.20 bits per heavy atom. The zero-order valence-electron chi connectivity index (χ0n) is 8.31. The predicted molar refractivity (Wildman–Crippen MR) is 59.2 cm³/mol. The van der Waals surface area contributed by atoms with Crippen molar-refractivity contribution in [3.8, 4) is 5.75 Å². The third-order valence-corrected chi connectivity index (χ3v) is 3.29. The molecule has 2 heterocycles. The van der Waals surface area contributed by atoms with Gasteiger partial charge in [0.25, 0.3) is 0 Å². The third-order valence-electron chi connectivity index (χ3n) is 2.35. The molecule has 0 radical (unpaired) electrons. The Labute approximate surface area is 91.9 Å². The molecule has 15 heavy (non-hydrogen) atoms. The highest BCUT2D eigenvalue weighted by Gasteiger charge is 2.12. The SMILES string of the molecule is O=c1cc(CN2CCSCC2)occ1O. The molecule has 5 heteroatoms. The lowest BCUT2D eigenvalue weighted by molar-refractivity contribution is 0.262. The summed E-state index contributed by atoms with van der Waals surface area (Å²) >= 11 is 1.94. The van der Waals surface area contributed by atoms with Gasteiger partial charge in [-0.15, -0.1) is 0 Å². The number of thioether (sulfide) groups is 1. The summed E-state index contributed by atoms with van der Waals surface area (Å²) in [6.07, 6.45) is 1.11. The van der Waals surface area contributed by atoms with Crippen LogP contribution in [0.2, 0.25) is 0 Å². The molecule has 1 N–H and O–H groups in total. The van der Waals surface area contributed by atoms with Crippen LogP contribution < -0.4 is 5.43 Å². The van der Waals surface area contributed by atoms with Gasteiger partial charge in [-0.25, -0.2) is 0 Å². The number of nitrogens with zero attached hydrogens (tertiary/aromatic N) is 1. The smallest absolute Gasteiger partial charge is 0.226 e. The lowest BCUT2D eigenvalue weighted by Crippen LogP contribution is -2.32. The molecule has 0 unspecified atom stereocenters. The van der Waals surface area contributed by atoms with Crippen molar-refractivity contribution in [3.63, 3.8) is 0 Å². The second kappa shape index (κ2) is 4.72. The fourth-order valence-electron chi connectivity index (χ4n) is 1.51. The highest BCUT2D eigenvalue weighted by atomic mass is 32.2. The van der Waals surface area contributed by atoms with E-state index in [1.807, 2.05) is 11.8 Å². The van der Waals surface area contributed by atoms with Crippen molar-refractivity contribution in [1.29, 1.82) is 0 Å². The van der Waals surface area contributed by atoms with Crippen molar-refractivity contribution < 1.29 is 9.52 Å². The first-order valence-electron chi connectivity index (χ1n) is 4.86. The fraction of sp³-hybridized carbons (Fsp3) is 0.500. The van der Waals surface area contributed by atoms with E-state index >= 15 is 0 Å². The van der Waals surface area contributed by atoms with E-state index in [0.29, 0.717) is 12.3 Å². The van der Waals surface area contributed by atoms with Crippen LogP contribution in [-0.4, -0.2) is 34.6 Å². The summed E-state index contributed by atoms with van der Waals surface area (Å²) in [4.78, 5) is 13.4. The maximum Gasteiger partial charge on any atom is 0.226 e. The molecule has 0 atom stereocenters. The van der Waals surface area contributed by atoms with Gasteiger partial charge in [0.15, 0.2) is 5.75 Å². The van der Waals surface area contributed by atoms with Crippen LogP contribution in [0.5, 0.6) is 5.75 Å². The molecule has 0 amide bonds. The fourth-order valence-corrected chi connectivity index (χ4v) is 2.49. The molecule has 82 valence electrons. The number of rotatable bonds is 2. The van der Waals surface area contributed by atoms with Crippen LogP contribution in [0.25, 0.3) is 0 Å². The maximum absolute atomic E-state index is 11.1. The van der Waals surface area contributed by atoms with E-state index in [-0.39, 0.29) is 11.2 Å². The van der Waals surface area contributed by atoms with Crippen molar-refractivity contribution in [1.82, 2.24) is 4.90 Å². The van der Waals surface area contributed by atoms with Crippen LogP contribution in [-0.2, 0) is 6.54 Å². The first-order chi connectivity index (χ1) is 7.25. The molecule has 1 aliphatic rings. The number of hydrogen-bond acceptors (Lipinski definition) is 5. The summed E-state index contributed by atoms with van der Waals surface area (Å²) < 4.78 is 5.14. The van der Waals surface area contributed by atoms with Crippen LogP contribution in [0.15, 0.2) is 21.5 Å². The highest BCUT2D eigenvalue weighted by Crippen LogP contribution is 2.12. The monoisotopic (exact) mass is 227 g/mol. The van der Waals surface area contributed by atoms with Gasteiger partial charge in [-0.05, 0) is 0 Å². The largest absolute Gasteiger partial charge is 0.502 e. The Bertz CT molecular complexity index is 384. The molecule has 1 aromatic heterocycles. The summed E-state index contributed by atoms with van der Waals surface area (Å²) in [6, 6.07) is 1.36. The van der Waals surface area contributed by atoms with Crippen molar-refractivity contribution >= 4 is 11.8 Å². The van der Waals surface area contributed by atoms with E-state index in [4.69, 9.17) is 9.52 Å². The zero-order chi connectivity index (χ0) is 10.7. The minimum absolute atomic E-state index is 0.326. The molecule has 1 saturated heterocycles. The second-order valence-corrected chi connectivity index (χ2v) is 4.71. The van der Waals surface area contributed by atoms with Crippen LogP contribution >= 0.6 is 11.8 Å². The van der Waals surface area contributed by atoms with Crippen molar-refractivity contribution in [3.05, 3.63) is 28.3 Å². The quantitative estimate of drug-likeness (QED) is 0.813. The minimum Gasteiger partial charge on any atom is -0.502 e. The van der Waals surface area contributed by atoms with Gasteiger partial charge in [0.1, 0.15) is 12.0 Å². The van der Waals surface area contributed by atoms with Gasteiger partial charge in [-0.3, -0.25) is 9.69 Å². The molecule has 0 bridgehead atoms. The Morgan fingerprint density at radius 1 is 1.47 bits per heavy atom. The highest BCUT2D eigenvalue weighted by molar-refractivity contribution is 7.99. The molecule has 0 saturated carbocycles. The van der Waals surface area contributed by atoms with Crippen LogP contribution in [0.4, 0.5) is 0 Å². The number of aromatic hydroxyl groups is 1. The molecular weight excluding hydrogens is 214 g/mol. The van der Waals surface area contributed by atoms with Gasteiger partial charge in [-0.2, -0.15) is 11.8 Å². The van der Waals surface area contributed by atoms with Crippen LogP contribution in [0.3, 0.4) is 0 Å². The van der Waals surface area contributed by atoms with E-state index in [9.17, 15) is 4.79 Å². The molecule has 0 aliphatic carbocycles. The maximum atomic E-state index is 11.1. The lowest BCUT2D eigenvalue weighted by atomic mass is 10.3. The Hall–Kier alpha value is -0.940. The van der Waals surface area contributed by atoms with E-state index in [0.717, 1.165) is 30.9 Å². The average molecular weight is 227 g/mol. The summed E-state index contributed by atoms with van der Waals surface area (Å²) in [5.41, 5.74) is -0.373. The first kappa shape index (κ1) is 10.6. The Balaban J connectivity index is 2.03. The second-order valence-electron chi connectivity index (χ2n) is 3.48. The lowest BCUT2D eigenvalue weighted by Gasteiger charge is -2.25. The van der Waals surface area contributed by atoms with Crippen molar-refractivity contribution in [2.24, 2.45) is 0 Å². The normalized spacial score (nSPS) is 17.9. The molecule has 4 nitrogen and oxygen atoms in total. The van der Waals surface area contributed by atoms with Gasteiger partial charge in [0.2, 0.25) is 5.43 Å². The molecule has 1 aliphatic heterocycles. The summed E-state index contributed by atoms with van der Waals surface area (Å²) in [5.74, 6) is 2.54. The standard InChI is InChI=1S/C10H13NO3S/c12-9-5-8(14-7-10(9)13)6-11-1-3-15-4-2-11/h5,7,13H,1-4,6H2. The van der Waals surface area contributed by atoms with Gasteiger partial charge >= 0.3 is 0 Å². The van der Waals surface area contributed by atoms with E-state index in [1.165, 1.54) is 6.07 Å². The van der Waals surface area contributed by atoms with Crippen LogP contribution in [0.1, 0.15) is 5.76 Å². The molecule has 0 spiro atoms. The van der Waals surface area contributed by atoms with Gasteiger partial charge < -0.3 is 9.52 Å². The Kier molecular flexibility index (Phi) is 3.33. The van der Waals surface area contributed by atoms with Crippen molar-refractivity contribution in [2.75, 3.05) is 24.6 Å². The Morgan fingerprint density at radius 3 is 2.87 bits per heavy atom. The third kappa shape index (κ3) is 2.76. The van der Waals surface area contributed by atoms with Crippen LogP contribution in [0, 0.1) is 0 Å². The molecular formula is C10H13NO3S. The molecule has 0 aromatic carbocycles. The summed E-state index contributed by atoms with van der Waals surface area (Å²) in [6.45, 7) is 2.70. The van der Waals surface area contributed by atoms with E-state index < -0.39 is 0 Å². The van der Waals surface area contributed by atoms with Gasteiger partial charge in [-0.1, -0.05) is 0 Å². The number of hydrogen-bond donors (Lipinski definition) is 1. The van der Waals surface area contributed by atoms with E-state index in [2.05, 4.69) is 4.90 Å². The average Bonchev–Trinajstić information content (AvgIpc) is 2.25. The van der Waals surface area contributed by atoms with E-state index in [1.54, 1.807) is 0 Å². The topological polar surface area (TPSA) is 53.7 Å². The zero-order valence-corrected chi connectivity index (χ0v) is 9.13. The van der Waals surface area contributed by atoms with Gasteiger partial charge in [0, 0.05) is 30.7 Å². The minimum atomic E-state index is -0.373. The predicted octanol–water partition coefficient (Wildman–Crippen LogP) is 0.894. The summed E-state index contributed by atoms with van der Waals surface area (Å²) in [7, 11) is 0. The summed E-state index contributed by atoms with van der Waals surface area (Å²) in [5, 5.41) is 9.03. The molecule has 2 rings (SSSR count). The van der Waals surface area contributed by atoms with Crippen molar-refractivity contribution in [2.45, 2.75) is 6.54 Å². The van der Waals surface area contributed by atoms with Gasteiger partial charge in [0.05, 0.1) is 6.54 Å².